The van der Waals surface area contributed by atoms with Crippen molar-refractivity contribution in [3.05, 3.63) is 101 Å². The first-order valence-corrected chi connectivity index (χ1v) is 10.3. The molecular weight excluding hydrogens is 421 g/mol. The molecule has 0 unspecified atom stereocenters. The number of nitrogens with zero attached hydrogens (tertiary/aromatic N) is 4. The van der Waals surface area contributed by atoms with Crippen molar-refractivity contribution in [2.24, 2.45) is 5.73 Å². The first-order chi connectivity index (χ1) is 16.1. The van der Waals surface area contributed by atoms with Gasteiger partial charge in [0.05, 0.1) is 12.8 Å². The number of hydrogen-bond acceptors (Lipinski definition) is 5. The largest absolute Gasteiger partial charge is 0.497 e. The van der Waals surface area contributed by atoms with Gasteiger partial charge in [0.1, 0.15) is 24.2 Å². The molecule has 7 nitrogen and oxygen atoms in total. The zero-order chi connectivity index (χ0) is 22.9. The first-order valence-electron chi connectivity index (χ1n) is 10.3. The third kappa shape index (κ3) is 3.56. The van der Waals surface area contributed by atoms with Gasteiger partial charge in [0.2, 0.25) is 0 Å². The molecule has 0 aliphatic heterocycles. The number of ether oxygens (including phenoxy) is 1. The van der Waals surface area contributed by atoms with E-state index in [0.717, 1.165) is 11.1 Å². The van der Waals surface area contributed by atoms with Gasteiger partial charge >= 0.3 is 0 Å². The van der Waals surface area contributed by atoms with E-state index in [1.807, 2.05) is 24.3 Å². The molecular formula is C25H20FN5O2. The minimum atomic E-state index is -0.543. The van der Waals surface area contributed by atoms with Crippen molar-refractivity contribution in [2.75, 3.05) is 7.11 Å². The van der Waals surface area contributed by atoms with E-state index >= 15 is 4.39 Å². The summed E-state index contributed by atoms with van der Waals surface area (Å²) in [7, 11) is 1.58. The maximum absolute atomic E-state index is 15.2. The van der Waals surface area contributed by atoms with Crippen molar-refractivity contribution in [2.45, 2.75) is 6.54 Å². The van der Waals surface area contributed by atoms with Crippen LogP contribution in [0.4, 0.5) is 4.39 Å². The van der Waals surface area contributed by atoms with E-state index in [2.05, 4.69) is 9.97 Å². The fourth-order valence-corrected chi connectivity index (χ4v) is 3.87. The average molecular weight is 441 g/mol. The van der Waals surface area contributed by atoms with Crippen LogP contribution in [0.15, 0.2) is 84.2 Å². The second-order valence-electron chi connectivity index (χ2n) is 7.43. The van der Waals surface area contributed by atoms with E-state index < -0.39 is 11.4 Å². The average Bonchev–Trinajstić information content (AvgIpc) is 3.30. The molecule has 0 bridgehead atoms. The van der Waals surface area contributed by atoms with E-state index in [0.29, 0.717) is 23.5 Å². The summed E-state index contributed by atoms with van der Waals surface area (Å²) in [5.41, 5.74) is 9.18. The van der Waals surface area contributed by atoms with Crippen LogP contribution in [-0.4, -0.2) is 26.2 Å². The van der Waals surface area contributed by atoms with Gasteiger partial charge in [-0.1, -0.05) is 30.3 Å². The van der Waals surface area contributed by atoms with Crippen LogP contribution in [0.2, 0.25) is 0 Å². The van der Waals surface area contributed by atoms with Gasteiger partial charge < -0.3 is 10.5 Å². The fourth-order valence-electron chi connectivity index (χ4n) is 3.87. The number of aromatic nitrogens is 4. The van der Waals surface area contributed by atoms with Gasteiger partial charge in [-0.15, -0.1) is 0 Å². The van der Waals surface area contributed by atoms with Gasteiger partial charge in [0, 0.05) is 12.2 Å². The summed E-state index contributed by atoms with van der Waals surface area (Å²) in [4.78, 5) is 21.9. The summed E-state index contributed by atoms with van der Waals surface area (Å²) >= 11 is 0. The van der Waals surface area contributed by atoms with Gasteiger partial charge in [-0.2, -0.15) is 0 Å². The number of rotatable bonds is 5. The number of nitrogens with two attached hydrogens (primary N) is 1. The number of fused-ring (bicyclic) bond motifs is 1. The maximum atomic E-state index is 15.2. The molecule has 3 aromatic carbocycles. The van der Waals surface area contributed by atoms with E-state index in [9.17, 15) is 4.79 Å². The van der Waals surface area contributed by atoms with Crippen molar-refractivity contribution < 1.29 is 9.13 Å². The third-order valence-electron chi connectivity index (χ3n) is 5.57. The Bertz CT molecular complexity index is 1520. The molecule has 0 atom stereocenters. The second-order valence-corrected chi connectivity index (χ2v) is 7.43. The summed E-state index contributed by atoms with van der Waals surface area (Å²) in [6.45, 7) is 0.342. The molecule has 2 aromatic heterocycles. The van der Waals surface area contributed by atoms with Crippen molar-refractivity contribution in [3.8, 4) is 28.3 Å². The minimum Gasteiger partial charge on any atom is -0.497 e. The Labute approximate surface area is 188 Å². The Balaban J connectivity index is 1.62. The smallest absolute Gasteiger partial charge is 0.284 e. The standard InChI is InChI=1S/C25H20FN5O2/c1-33-19-9-7-18(8-10-19)30-14-28-24-23(30)25(32)31(15-29-24)22-11-6-16(12-21(22)26)20-5-3-2-4-17(20)13-27/h2-12,14-15H,13,27H2,1H3. The zero-order valence-corrected chi connectivity index (χ0v) is 17.8. The highest BCUT2D eigenvalue weighted by atomic mass is 19.1. The van der Waals surface area contributed by atoms with Crippen LogP contribution in [-0.2, 0) is 6.54 Å². The Morgan fingerprint density at radius 1 is 0.970 bits per heavy atom. The van der Waals surface area contributed by atoms with E-state index in [1.54, 1.807) is 48.1 Å². The van der Waals surface area contributed by atoms with Crippen LogP contribution in [0.5, 0.6) is 5.75 Å². The van der Waals surface area contributed by atoms with E-state index in [-0.39, 0.29) is 16.9 Å². The Kier molecular flexibility index (Phi) is 5.20. The summed E-state index contributed by atoms with van der Waals surface area (Å²) in [5, 5.41) is 0. The molecule has 8 heteroatoms. The van der Waals surface area contributed by atoms with E-state index in [4.69, 9.17) is 10.5 Å². The molecule has 0 aliphatic rings. The Hall–Kier alpha value is -4.30. The topological polar surface area (TPSA) is 88.0 Å². The molecule has 0 saturated heterocycles. The lowest BCUT2D eigenvalue weighted by molar-refractivity contribution is 0.415. The normalized spacial score (nSPS) is 11.1. The molecule has 0 saturated carbocycles. The number of methoxy groups -OCH3 is 1. The van der Waals surface area contributed by atoms with Gasteiger partial charge in [-0.25, -0.2) is 14.4 Å². The number of hydrogen-bond donors (Lipinski definition) is 1. The molecule has 33 heavy (non-hydrogen) atoms. The number of benzene rings is 3. The van der Waals surface area contributed by atoms with Crippen LogP contribution in [0.3, 0.4) is 0 Å². The molecule has 0 amide bonds. The highest BCUT2D eigenvalue weighted by molar-refractivity contribution is 5.73. The monoisotopic (exact) mass is 441 g/mol. The van der Waals surface area contributed by atoms with Crippen molar-refractivity contribution in [1.29, 1.82) is 0 Å². The predicted octanol–water partition coefficient (Wildman–Crippen LogP) is 3.84. The Morgan fingerprint density at radius 2 is 1.70 bits per heavy atom. The highest BCUT2D eigenvalue weighted by Crippen LogP contribution is 2.26. The number of imidazole rings is 1. The SMILES string of the molecule is COc1ccc(-n2cnc3ncn(-c4ccc(-c5ccccc5CN)cc4F)c(=O)c32)cc1. The molecule has 0 fully saturated rings. The first kappa shape index (κ1) is 20.6. The van der Waals surface area contributed by atoms with Crippen LogP contribution < -0.4 is 16.0 Å². The predicted molar refractivity (Wildman–Crippen MR) is 124 cm³/mol. The lowest BCUT2D eigenvalue weighted by Gasteiger charge is -2.12. The second kappa shape index (κ2) is 8.33. The van der Waals surface area contributed by atoms with Crippen LogP contribution >= 0.6 is 0 Å². The van der Waals surface area contributed by atoms with Crippen LogP contribution in [0.25, 0.3) is 33.7 Å². The van der Waals surface area contributed by atoms with Crippen molar-refractivity contribution in [1.82, 2.24) is 19.1 Å². The number of halogens is 1. The third-order valence-corrected chi connectivity index (χ3v) is 5.57. The van der Waals surface area contributed by atoms with Crippen LogP contribution in [0.1, 0.15) is 5.56 Å². The van der Waals surface area contributed by atoms with Gasteiger partial charge in [0.15, 0.2) is 11.2 Å². The molecule has 2 N–H and O–H groups in total. The van der Waals surface area contributed by atoms with Gasteiger partial charge in [0.25, 0.3) is 5.56 Å². The molecule has 0 radical (unpaired) electrons. The van der Waals surface area contributed by atoms with Gasteiger partial charge in [-0.3, -0.25) is 13.9 Å². The molecule has 164 valence electrons. The van der Waals surface area contributed by atoms with Crippen molar-refractivity contribution >= 4 is 11.2 Å². The maximum Gasteiger partial charge on any atom is 0.284 e. The quantitative estimate of drug-likeness (QED) is 0.448. The molecule has 5 rings (SSSR count). The summed E-state index contributed by atoms with van der Waals surface area (Å²) in [5.74, 6) is 0.148. The molecule has 0 spiro atoms. The lowest BCUT2D eigenvalue weighted by atomic mass is 9.99. The fraction of sp³-hybridized carbons (Fsp3) is 0.0800. The summed E-state index contributed by atoms with van der Waals surface area (Å²) in [6, 6.07) is 19.5. The lowest BCUT2D eigenvalue weighted by Crippen LogP contribution is -2.21. The van der Waals surface area contributed by atoms with E-state index in [1.165, 1.54) is 23.3 Å². The molecule has 0 aliphatic carbocycles. The summed E-state index contributed by atoms with van der Waals surface area (Å²) < 4.78 is 23.2. The zero-order valence-electron chi connectivity index (χ0n) is 17.8. The minimum absolute atomic E-state index is 0.103. The van der Waals surface area contributed by atoms with Gasteiger partial charge in [-0.05, 0) is 53.1 Å². The summed E-state index contributed by atoms with van der Waals surface area (Å²) in [6.07, 6.45) is 2.82. The van der Waals surface area contributed by atoms with Crippen LogP contribution in [0, 0.1) is 5.82 Å². The van der Waals surface area contributed by atoms with Crippen molar-refractivity contribution in [3.63, 3.8) is 0 Å². The Morgan fingerprint density at radius 3 is 2.39 bits per heavy atom. The molecule has 2 heterocycles. The molecule has 5 aromatic rings. The highest BCUT2D eigenvalue weighted by Gasteiger charge is 2.16.